The summed E-state index contributed by atoms with van der Waals surface area (Å²) in [5, 5.41) is 20.3. The highest BCUT2D eigenvalue weighted by Crippen LogP contribution is 2.60. The first kappa shape index (κ1) is 23.8. The summed E-state index contributed by atoms with van der Waals surface area (Å²) < 4.78 is 0. The van der Waals surface area contributed by atoms with Gasteiger partial charge in [0.15, 0.2) is 0 Å². The second kappa shape index (κ2) is 9.33. The van der Waals surface area contributed by atoms with Crippen molar-refractivity contribution in [3.8, 4) is 0 Å². The molecule has 170 valence electrons. The van der Waals surface area contributed by atoms with Crippen molar-refractivity contribution in [2.75, 3.05) is 0 Å². The number of aliphatic hydroxyl groups is 2. The second-order valence-corrected chi connectivity index (χ2v) is 11.8. The molecule has 0 heterocycles. The van der Waals surface area contributed by atoms with Crippen molar-refractivity contribution in [3.05, 3.63) is 35.5 Å². The molecule has 3 aliphatic rings. The minimum Gasteiger partial charge on any atom is -0.390 e. The van der Waals surface area contributed by atoms with Gasteiger partial charge in [-0.1, -0.05) is 57.9 Å². The van der Waals surface area contributed by atoms with E-state index in [0.717, 1.165) is 43.1 Å². The predicted molar refractivity (Wildman–Crippen MR) is 127 cm³/mol. The van der Waals surface area contributed by atoms with Gasteiger partial charge in [0.05, 0.1) is 11.7 Å². The molecule has 2 heteroatoms. The van der Waals surface area contributed by atoms with E-state index in [4.69, 9.17) is 0 Å². The molecule has 0 aromatic heterocycles. The quantitative estimate of drug-likeness (QED) is 0.492. The van der Waals surface area contributed by atoms with Gasteiger partial charge >= 0.3 is 0 Å². The molecule has 0 aromatic carbocycles. The van der Waals surface area contributed by atoms with E-state index in [2.05, 4.69) is 39.5 Å². The molecule has 2 nitrogen and oxygen atoms in total. The Balaban J connectivity index is 1.70. The lowest BCUT2D eigenvalue weighted by Crippen LogP contribution is -2.36. The minimum absolute atomic E-state index is 0.365. The van der Waals surface area contributed by atoms with E-state index in [1.165, 1.54) is 44.1 Å². The molecule has 0 aliphatic heterocycles. The molecule has 0 saturated heterocycles. The fourth-order valence-electron chi connectivity index (χ4n) is 6.98. The van der Waals surface area contributed by atoms with Gasteiger partial charge in [0.2, 0.25) is 0 Å². The second-order valence-electron chi connectivity index (χ2n) is 11.8. The Morgan fingerprint density at radius 3 is 2.70 bits per heavy atom. The van der Waals surface area contributed by atoms with E-state index in [-0.39, 0.29) is 6.10 Å². The van der Waals surface area contributed by atoms with Crippen LogP contribution >= 0.6 is 0 Å². The molecule has 0 bridgehead atoms. The van der Waals surface area contributed by atoms with E-state index < -0.39 is 5.60 Å². The third-order valence-corrected chi connectivity index (χ3v) is 8.68. The van der Waals surface area contributed by atoms with Crippen LogP contribution in [0.15, 0.2) is 35.5 Å². The number of hydrogen-bond acceptors (Lipinski definition) is 2. The van der Waals surface area contributed by atoms with E-state index in [1.54, 1.807) is 5.57 Å². The molecule has 0 spiro atoms. The zero-order valence-corrected chi connectivity index (χ0v) is 20.2. The number of allylic oxidation sites excluding steroid dienone is 3. The molecule has 30 heavy (non-hydrogen) atoms. The molecular weight excluding hydrogens is 368 g/mol. The van der Waals surface area contributed by atoms with E-state index in [9.17, 15) is 10.2 Å². The highest BCUT2D eigenvalue weighted by Gasteiger charge is 2.50. The Kier molecular flexibility index (Phi) is 7.40. The topological polar surface area (TPSA) is 40.5 Å². The van der Waals surface area contributed by atoms with Gasteiger partial charge in [-0.3, -0.25) is 0 Å². The average molecular weight is 415 g/mol. The highest BCUT2D eigenvalue weighted by molar-refractivity contribution is 5.38. The summed E-state index contributed by atoms with van der Waals surface area (Å²) in [7, 11) is 0. The normalized spacial score (nSPS) is 38.8. The van der Waals surface area contributed by atoms with Crippen LogP contribution in [-0.4, -0.2) is 21.9 Å². The third kappa shape index (κ3) is 5.30. The summed E-state index contributed by atoms with van der Waals surface area (Å²) in [6, 6.07) is 0. The maximum absolute atomic E-state index is 10.3. The van der Waals surface area contributed by atoms with Crippen molar-refractivity contribution in [3.63, 3.8) is 0 Å². The maximum atomic E-state index is 10.3. The number of rotatable bonds is 6. The lowest BCUT2D eigenvalue weighted by atomic mass is 9.60. The third-order valence-electron chi connectivity index (χ3n) is 8.68. The molecule has 0 amide bonds. The first-order valence-electron chi connectivity index (χ1n) is 12.5. The van der Waals surface area contributed by atoms with Crippen molar-refractivity contribution in [2.24, 2.45) is 29.1 Å². The molecule has 3 aliphatic carbocycles. The summed E-state index contributed by atoms with van der Waals surface area (Å²) in [5.74, 6) is 2.78. The first-order valence-corrected chi connectivity index (χ1v) is 12.5. The van der Waals surface area contributed by atoms with Crippen molar-refractivity contribution in [1.82, 2.24) is 0 Å². The number of hydrogen-bond donors (Lipinski definition) is 2. The van der Waals surface area contributed by atoms with E-state index in [1.807, 2.05) is 13.8 Å². The van der Waals surface area contributed by atoms with Crippen LogP contribution in [0, 0.1) is 29.1 Å². The summed E-state index contributed by atoms with van der Waals surface area (Å²) >= 11 is 0. The monoisotopic (exact) mass is 414 g/mol. The summed E-state index contributed by atoms with van der Waals surface area (Å²) in [6.45, 7) is 15.3. The Hall–Kier alpha value is -0.860. The molecule has 2 N–H and O–H groups in total. The van der Waals surface area contributed by atoms with Gasteiger partial charge in [-0.15, -0.1) is 0 Å². The highest BCUT2D eigenvalue weighted by atomic mass is 16.3. The summed E-state index contributed by atoms with van der Waals surface area (Å²) in [4.78, 5) is 0. The van der Waals surface area contributed by atoms with Crippen molar-refractivity contribution >= 4 is 0 Å². The summed E-state index contributed by atoms with van der Waals surface area (Å²) in [5.41, 5.74) is 3.73. The molecule has 0 radical (unpaired) electrons. The van der Waals surface area contributed by atoms with Crippen LogP contribution in [0.5, 0.6) is 0 Å². The van der Waals surface area contributed by atoms with Crippen LogP contribution in [-0.2, 0) is 0 Å². The van der Waals surface area contributed by atoms with Crippen LogP contribution in [0.3, 0.4) is 0 Å². The fourth-order valence-corrected chi connectivity index (χ4v) is 6.98. The standard InChI is InChI=1S/C28H46O2/c1-19-17-23(21(3)26(29)18-19)12-11-22-10-8-16-28(6)24(13-14-25(22)28)20(2)9-7-15-27(4,5)30/h11-12,19-20,24-26,29-30H,3,7-10,13-18H2,1-2,4-6H3/b22-11+,23-12+/t19-,20+,24+,25-,26-,28+/m0/s1. The molecule has 6 atom stereocenters. The molecular formula is C28H46O2. The average Bonchev–Trinajstić information content (AvgIpc) is 3.00. The Bertz CT molecular complexity index is 679. The van der Waals surface area contributed by atoms with Gasteiger partial charge in [0.25, 0.3) is 0 Å². The van der Waals surface area contributed by atoms with Crippen molar-refractivity contribution < 1.29 is 10.2 Å². The Morgan fingerprint density at radius 2 is 2.00 bits per heavy atom. The first-order chi connectivity index (χ1) is 14.0. The molecule has 3 fully saturated rings. The Morgan fingerprint density at radius 1 is 1.27 bits per heavy atom. The van der Waals surface area contributed by atoms with Gasteiger partial charge in [-0.05, 0) is 105 Å². The molecule has 0 unspecified atom stereocenters. The zero-order chi connectivity index (χ0) is 22.1. The maximum Gasteiger partial charge on any atom is 0.0789 e. The summed E-state index contributed by atoms with van der Waals surface area (Å²) in [6.07, 6.45) is 16.0. The fraction of sp³-hybridized carbons (Fsp3) is 0.786. The van der Waals surface area contributed by atoms with Gasteiger partial charge < -0.3 is 10.2 Å². The molecule has 3 rings (SSSR count). The van der Waals surface area contributed by atoms with Gasteiger partial charge in [-0.2, -0.15) is 0 Å². The van der Waals surface area contributed by atoms with E-state index in [0.29, 0.717) is 17.3 Å². The van der Waals surface area contributed by atoms with Crippen molar-refractivity contribution in [2.45, 2.75) is 111 Å². The zero-order valence-electron chi connectivity index (χ0n) is 20.2. The number of aliphatic hydroxyl groups excluding tert-OH is 1. The lowest BCUT2D eigenvalue weighted by molar-refractivity contribution is 0.0596. The SMILES string of the molecule is C=C1/C(=C/C=C2\CCC[C@]3(C)[C@@H]([C@H](C)CCCC(C)(C)O)CC[C@@H]23)C[C@H](C)C[C@@H]1O. The van der Waals surface area contributed by atoms with Gasteiger partial charge in [0, 0.05) is 0 Å². The van der Waals surface area contributed by atoms with Crippen LogP contribution in [0.1, 0.15) is 98.8 Å². The van der Waals surface area contributed by atoms with Gasteiger partial charge in [-0.25, -0.2) is 0 Å². The largest absolute Gasteiger partial charge is 0.390 e. The molecule has 3 saturated carbocycles. The molecule has 0 aromatic rings. The van der Waals surface area contributed by atoms with Crippen LogP contribution in [0.2, 0.25) is 0 Å². The lowest BCUT2D eigenvalue weighted by Gasteiger charge is -2.44. The van der Waals surface area contributed by atoms with Gasteiger partial charge in [0.1, 0.15) is 0 Å². The van der Waals surface area contributed by atoms with E-state index >= 15 is 0 Å². The van der Waals surface area contributed by atoms with Crippen LogP contribution < -0.4 is 0 Å². The van der Waals surface area contributed by atoms with Crippen LogP contribution in [0.4, 0.5) is 0 Å². The smallest absolute Gasteiger partial charge is 0.0789 e. The van der Waals surface area contributed by atoms with Crippen molar-refractivity contribution in [1.29, 1.82) is 0 Å². The minimum atomic E-state index is -0.537. The van der Waals surface area contributed by atoms with Crippen LogP contribution in [0.25, 0.3) is 0 Å². The Labute approximate surface area is 185 Å². The number of fused-ring (bicyclic) bond motifs is 1. The predicted octanol–water partition coefficient (Wildman–Crippen LogP) is 6.98.